The number of hydrogen-bond donors (Lipinski definition) is 0. The van der Waals surface area contributed by atoms with Gasteiger partial charge in [0.15, 0.2) is 0 Å². The molecule has 1 heterocycles. The van der Waals surface area contributed by atoms with Gasteiger partial charge in [0.2, 0.25) is 0 Å². The molecule has 0 radical (unpaired) electrons. The molecule has 0 unspecified atom stereocenters. The fraction of sp³-hybridized carbons (Fsp3) is 0.348. The highest BCUT2D eigenvalue weighted by Gasteiger charge is 2.15. The van der Waals surface area contributed by atoms with Crippen molar-refractivity contribution in [1.29, 1.82) is 0 Å². The molecule has 0 aliphatic heterocycles. The Balaban J connectivity index is 1.96. The number of para-hydroxylation sites is 1. The highest BCUT2D eigenvalue weighted by Crippen LogP contribution is 2.32. The normalized spacial score (nSPS) is 11.4. The van der Waals surface area contributed by atoms with Crippen LogP contribution < -0.4 is 4.74 Å². The molecule has 0 spiro atoms. The van der Waals surface area contributed by atoms with Gasteiger partial charge in [0, 0.05) is 24.2 Å². The third-order valence-electron chi connectivity index (χ3n) is 4.57. The summed E-state index contributed by atoms with van der Waals surface area (Å²) < 4.78 is 8.20. The summed E-state index contributed by atoms with van der Waals surface area (Å²) in [5, 5.41) is 4.90. The Bertz CT molecular complexity index is 871. The van der Waals surface area contributed by atoms with E-state index in [0.717, 1.165) is 47.9 Å². The van der Waals surface area contributed by atoms with Crippen molar-refractivity contribution in [2.45, 2.75) is 6.54 Å². The van der Waals surface area contributed by atoms with Gasteiger partial charge in [-0.05, 0) is 46.4 Å². The second-order valence-electron chi connectivity index (χ2n) is 7.46. The van der Waals surface area contributed by atoms with Gasteiger partial charge in [-0.2, -0.15) is 5.10 Å². The molecule has 0 N–H and O–H groups in total. The van der Waals surface area contributed by atoms with Crippen molar-refractivity contribution < 1.29 is 4.74 Å². The molecule has 1 aromatic heterocycles. The van der Waals surface area contributed by atoms with E-state index in [1.165, 1.54) is 0 Å². The van der Waals surface area contributed by atoms with E-state index >= 15 is 0 Å². The van der Waals surface area contributed by atoms with Gasteiger partial charge < -0.3 is 14.5 Å². The third-order valence-corrected chi connectivity index (χ3v) is 4.57. The molecule has 5 nitrogen and oxygen atoms in total. The predicted octanol–water partition coefficient (Wildman–Crippen LogP) is 3.72. The summed E-state index contributed by atoms with van der Waals surface area (Å²) in [6.45, 7) is 3.28. The van der Waals surface area contributed by atoms with Crippen LogP contribution in [0.25, 0.3) is 22.5 Å². The molecule has 0 fully saturated rings. The minimum Gasteiger partial charge on any atom is -0.492 e. The highest BCUT2D eigenvalue weighted by atomic mass is 16.5. The van der Waals surface area contributed by atoms with Crippen LogP contribution in [0.3, 0.4) is 0 Å². The minimum atomic E-state index is 0.654. The number of aromatic nitrogens is 2. The maximum Gasteiger partial charge on any atom is 0.128 e. The van der Waals surface area contributed by atoms with Gasteiger partial charge in [0.25, 0.3) is 0 Å². The van der Waals surface area contributed by atoms with Crippen LogP contribution in [-0.2, 0) is 6.54 Å². The minimum absolute atomic E-state index is 0.654. The van der Waals surface area contributed by atoms with Crippen molar-refractivity contribution in [1.82, 2.24) is 19.6 Å². The summed E-state index contributed by atoms with van der Waals surface area (Å²) in [6.07, 6.45) is 0. The van der Waals surface area contributed by atoms with E-state index in [2.05, 4.69) is 73.0 Å². The van der Waals surface area contributed by atoms with Gasteiger partial charge in [0.1, 0.15) is 12.4 Å². The van der Waals surface area contributed by atoms with E-state index in [0.29, 0.717) is 6.61 Å². The maximum absolute atomic E-state index is 6.10. The van der Waals surface area contributed by atoms with Crippen molar-refractivity contribution in [2.24, 2.45) is 0 Å². The van der Waals surface area contributed by atoms with Crippen LogP contribution in [0.15, 0.2) is 60.7 Å². The van der Waals surface area contributed by atoms with Crippen LogP contribution >= 0.6 is 0 Å². The van der Waals surface area contributed by atoms with Gasteiger partial charge >= 0.3 is 0 Å². The quantitative estimate of drug-likeness (QED) is 0.568. The second kappa shape index (κ2) is 9.53. The predicted molar refractivity (Wildman–Crippen MR) is 116 cm³/mol. The first-order chi connectivity index (χ1) is 13.5. The van der Waals surface area contributed by atoms with E-state index in [4.69, 9.17) is 9.84 Å². The summed E-state index contributed by atoms with van der Waals surface area (Å²) in [4.78, 5) is 4.30. The largest absolute Gasteiger partial charge is 0.492 e. The molecule has 28 heavy (non-hydrogen) atoms. The average Bonchev–Trinajstić information content (AvgIpc) is 3.11. The Hall–Kier alpha value is -2.63. The molecule has 0 aliphatic carbocycles. The standard InChI is InChI=1S/C23H30N4O/c1-25(2)14-15-27-22(18-21(24-27)19-10-6-5-7-11-19)20-12-8-9-13-23(20)28-17-16-26(3)4/h5-13,18H,14-17H2,1-4H3. The van der Waals surface area contributed by atoms with Crippen molar-refractivity contribution >= 4 is 0 Å². The molecule has 0 saturated carbocycles. The lowest BCUT2D eigenvalue weighted by Crippen LogP contribution is -2.20. The van der Waals surface area contributed by atoms with Gasteiger partial charge in [-0.3, -0.25) is 4.68 Å². The van der Waals surface area contributed by atoms with Crippen molar-refractivity contribution in [3.63, 3.8) is 0 Å². The molecule has 0 amide bonds. The molecule has 3 aromatic rings. The van der Waals surface area contributed by atoms with Crippen molar-refractivity contribution in [3.05, 3.63) is 60.7 Å². The lowest BCUT2D eigenvalue weighted by molar-refractivity contribution is 0.262. The number of rotatable bonds is 9. The molecule has 0 aliphatic rings. The second-order valence-corrected chi connectivity index (χ2v) is 7.46. The third kappa shape index (κ3) is 5.21. The van der Waals surface area contributed by atoms with Crippen LogP contribution in [0.1, 0.15) is 0 Å². The summed E-state index contributed by atoms with van der Waals surface area (Å²) in [5.74, 6) is 0.898. The molecule has 2 aromatic carbocycles. The van der Waals surface area contributed by atoms with Crippen molar-refractivity contribution in [3.8, 4) is 28.3 Å². The van der Waals surface area contributed by atoms with Crippen LogP contribution in [0.2, 0.25) is 0 Å². The molecule has 0 saturated heterocycles. The molecule has 3 rings (SSSR count). The highest BCUT2D eigenvalue weighted by molar-refractivity contribution is 5.72. The zero-order chi connectivity index (χ0) is 19.9. The zero-order valence-electron chi connectivity index (χ0n) is 17.3. The molecule has 0 atom stereocenters. The van der Waals surface area contributed by atoms with Crippen LogP contribution in [0, 0.1) is 0 Å². The van der Waals surface area contributed by atoms with Crippen LogP contribution in [-0.4, -0.2) is 67.5 Å². The first-order valence-electron chi connectivity index (χ1n) is 9.69. The van der Waals surface area contributed by atoms with Crippen LogP contribution in [0.4, 0.5) is 0 Å². The Morgan fingerprint density at radius 3 is 2.25 bits per heavy atom. The monoisotopic (exact) mass is 378 g/mol. The Kier molecular flexibility index (Phi) is 6.85. The molecule has 148 valence electrons. The Labute approximate surface area is 168 Å². The molecule has 0 bridgehead atoms. The topological polar surface area (TPSA) is 33.5 Å². The van der Waals surface area contributed by atoms with Gasteiger partial charge in [-0.1, -0.05) is 42.5 Å². The van der Waals surface area contributed by atoms with E-state index in [1.807, 2.05) is 30.3 Å². The Morgan fingerprint density at radius 1 is 0.857 bits per heavy atom. The van der Waals surface area contributed by atoms with Crippen LogP contribution in [0.5, 0.6) is 5.75 Å². The molecular weight excluding hydrogens is 348 g/mol. The summed E-state index contributed by atoms with van der Waals surface area (Å²) in [7, 11) is 8.27. The smallest absolute Gasteiger partial charge is 0.128 e. The molecular formula is C23H30N4O. The first kappa shape index (κ1) is 20.1. The van der Waals surface area contributed by atoms with Gasteiger partial charge in [0.05, 0.1) is 17.9 Å². The Morgan fingerprint density at radius 2 is 1.54 bits per heavy atom. The van der Waals surface area contributed by atoms with E-state index in [9.17, 15) is 0 Å². The number of ether oxygens (including phenoxy) is 1. The summed E-state index contributed by atoms with van der Waals surface area (Å²) in [6, 6.07) is 20.7. The van der Waals surface area contributed by atoms with E-state index in [1.54, 1.807) is 0 Å². The summed E-state index contributed by atoms with van der Waals surface area (Å²) >= 11 is 0. The summed E-state index contributed by atoms with van der Waals surface area (Å²) in [5.41, 5.74) is 4.27. The van der Waals surface area contributed by atoms with Gasteiger partial charge in [-0.15, -0.1) is 0 Å². The number of likely N-dealkylation sites (N-methyl/N-ethyl adjacent to an activating group) is 2. The van der Waals surface area contributed by atoms with Crippen molar-refractivity contribution in [2.75, 3.05) is 47.9 Å². The molecule has 5 heteroatoms. The van der Waals surface area contributed by atoms with Gasteiger partial charge in [-0.25, -0.2) is 0 Å². The average molecular weight is 379 g/mol. The number of hydrogen-bond acceptors (Lipinski definition) is 4. The lowest BCUT2D eigenvalue weighted by Gasteiger charge is -2.16. The van der Waals surface area contributed by atoms with E-state index < -0.39 is 0 Å². The maximum atomic E-state index is 6.10. The fourth-order valence-electron chi connectivity index (χ4n) is 2.99. The first-order valence-corrected chi connectivity index (χ1v) is 9.69. The van der Waals surface area contributed by atoms with E-state index in [-0.39, 0.29) is 0 Å². The number of nitrogens with zero attached hydrogens (tertiary/aromatic N) is 4. The number of benzene rings is 2. The zero-order valence-corrected chi connectivity index (χ0v) is 17.3. The fourth-order valence-corrected chi connectivity index (χ4v) is 2.99. The lowest BCUT2D eigenvalue weighted by atomic mass is 10.1. The SMILES string of the molecule is CN(C)CCOc1ccccc1-c1cc(-c2ccccc2)nn1CCN(C)C.